The van der Waals surface area contributed by atoms with Crippen molar-refractivity contribution in [3.8, 4) is 5.75 Å². The van der Waals surface area contributed by atoms with Crippen molar-refractivity contribution in [1.82, 2.24) is 0 Å². The Kier molecular flexibility index (Phi) is 4.23. The van der Waals surface area contributed by atoms with E-state index in [1.807, 2.05) is 0 Å². The van der Waals surface area contributed by atoms with Crippen molar-refractivity contribution in [2.24, 2.45) is 0 Å². The number of anilines is 2. The molecule has 24 heavy (non-hydrogen) atoms. The summed E-state index contributed by atoms with van der Waals surface area (Å²) in [4.78, 5) is 2.54. The van der Waals surface area contributed by atoms with Crippen LogP contribution in [0.2, 0.25) is 13.1 Å². The van der Waals surface area contributed by atoms with Crippen LogP contribution >= 0.6 is 0 Å². The molecule has 2 heterocycles. The minimum Gasteiger partial charge on any atom is -0.541 e. The molecular formula is C20H25N2OSi. The van der Waals surface area contributed by atoms with Gasteiger partial charge < -0.3 is 14.6 Å². The number of fused-ring (bicyclic) bond motifs is 2. The normalized spacial score (nSPS) is 19.5. The Morgan fingerprint density at radius 3 is 2.67 bits per heavy atom. The number of para-hydroxylation sites is 1. The van der Waals surface area contributed by atoms with E-state index in [2.05, 4.69) is 65.8 Å². The molecule has 3 nitrogen and oxygen atoms in total. The average molecular weight is 338 g/mol. The summed E-state index contributed by atoms with van der Waals surface area (Å²) in [6.45, 7) is 6.71. The number of nitrogens with zero attached hydrogens (tertiary/aromatic N) is 1. The van der Waals surface area contributed by atoms with Crippen LogP contribution in [-0.4, -0.2) is 22.1 Å². The fourth-order valence-electron chi connectivity index (χ4n) is 3.82. The van der Waals surface area contributed by atoms with Crippen LogP contribution in [0.3, 0.4) is 0 Å². The van der Waals surface area contributed by atoms with E-state index in [0.717, 1.165) is 17.9 Å². The molecule has 4 rings (SSSR count). The molecule has 125 valence electrons. The van der Waals surface area contributed by atoms with Crippen molar-refractivity contribution in [1.29, 1.82) is 0 Å². The molecular weight excluding hydrogens is 312 g/mol. The minimum atomic E-state index is -0.758. The summed E-state index contributed by atoms with van der Waals surface area (Å²) in [6, 6.07) is 15.8. The summed E-state index contributed by atoms with van der Waals surface area (Å²) in [5, 5.41) is 3.74. The Morgan fingerprint density at radius 2 is 1.88 bits per heavy atom. The molecule has 2 aliphatic heterocycles. The van der Waals surface area contributed by atoms with E-state index in [9.17, 15) is 0 Å². The topological polar surface area (TPSA) is 24.5 Å². The predicted octanol–water partition coefficient (Wildman–Crippen LogP) is 4.63. The zero-order valence-electron chi connectivity index (χ0n) is 14.5. The van der Waals surface area contributed by atoms with Gasteiger partial charge in [0.2, 0.25) is 0 Å². The standard InChI is InChI=1S/C20H25N2OSi/c1-24(2)23-20-10-9-15-13-17(21-18(20)14-15)16-7-3-4-8-19(16)22-11-5-6-12-22/h3-4,7-10,14,17,21H,5-6,11-13H2,1-2H3. The van der Waals surface area contributed by atoms with Crippen LogP contribution in [-0.2, 0) is 6.42 Å². The SMILES string of the molecule is C[Si](C)Oc1ccc2cc1NC(c1ccccc1N1CCCC1)C2. The Labute approximate surface area is 146 Å². The number of rotatable bonds is 4. The van der Waals surface area contributed by atoms with Gasteiger partial charge in [-0.25, -0.2) is 0 Å². The van der Waals surface area contributed by atoms with Crippen molar-refractivity contribution < 1.29 is 4.43 Å². The Bertz CT molecular complexity index is 725. The molecule has 0 spiro atoms. The first-order valence-electron chi connectivity index (χ1n) is 8.92. The maximum atomic E-state index is 6.07. The molecule has 0 aliphatic carbocycles. The van der Waals surface area contributed by atoms with Crippen molar-refractivity contribution >= 4 is 20.4 Å². The highest BCUT2D eigenvalue weighted by molar-refractivity contribution is 6.49. The van der Waals surface area contributed by atoms with E-state index >= 15 is 0 Å². The van der Waals surface area contributed by atoms with Gasteiger partial charge in [0.05, 0.1) is 11.7 Å². The highest BCUT2D eigenvalue weighted by Gasteiger charge is 2.25. The third-order valence-corrected chi connectivity index (χ3v) is 5.51. The van der Waals surface area contributed by atoms with E-state index in [-0.39, 0.29) is 0 Å². The average Bonchev–Trinajstić information content (AvgIpc) is 3.11. The number of benzene rings is 2. The molecule has 1 saturated heterocycles. The molecule has 2 aliphatic rings. The third-order valence-electron chi connectivity index (χ3n) is 4.89. The molecule has 1 radical (unpaired) electrons. The molecule has 1 N–H and O–H groups in total. The largest absolute Gasteiger partial charge is 0.541 e. The predicted molar refractivity (Wildman–Crippen MR) is 103 cm³/mol. The number of nitrogens with one attached hydrogen (secondary N) is 1. The lowest BCUT2D eigenvalue weighted by Crippen LogP contribution is -2.25. The molecule has 1 fully saturated rings. The van der Waals surface area contributed by atoms with E-state index in [1.165, 1.54) is 42.7 Å². The van der Waals surface area contributed by atoms with Crippen molar-refractivity contribution in [3.05, 3.63) is 53.6 Å². The molecule has 1 unspecified atom stereocenters. The Balaban J connectivity index is 1.64. The first-order chi connectivity index (χ1) is 11.7. The van der Waals surface area contributed by atoms with Gasteiger partial charge in [0.25, 0.3) is 9.04 Å². The lowest BCUT2D eigenvalue weighted by Gasteiger charge is -2.31. The number of hydrogen-bond donors (Lipinski definition) is 1. The second kappa shape index (κ2) is 6.52. The molecule has 0 amide bonds. The van der Waals surface area contributed by atoms with Crippen LogP contribution in [0.15, 0.2) is 42.5 Å². The van der Waals surface area contributed by atoms with Gasteiger partial charge in [0.15, 0.2) is 0 Å². The van der Waals surface area contributed by atoms with E-state index < -0.39 is 9.04 Å². The summed E-state index contributed by atoms with van der Waals surface area (Å²) in [5.41, 5.74) is 5.34. The van der Waals surface area contributed by atoms with Crippen LogP contribution < -0.4 is 14.6 Å². The fraction of sp³-hybridized carbons (Fsp3) is 0.400. The lowest BCUT2D eigenvalue weighted by molar-refractivity contribution is 0.577. The van der Waals surface area contributed by atoms with Gasteiger partial charge >= 0.3 is 0 Å². The van der Waals surface area contributed by atoms with Crippen molar-refractivity contribution in [2.45, 2.75) is 38.4 Å². The first kappa shape index (κ1) is 15.6. The summed E-state index contributed by atoms with van der Waals surface area (Å²) in [7, 11) is -0.758. The highest BCUT2D eigenvalue weighted by Crippen LogP contribution is 2.39. The van der Waals surface area contributed by atoms with Crippen molar-refractivity contribution in [3.63, 3.8) is 0 Å². The monoisotopic (exact) mass is 337 g/mol. The number of hydrogen-bond acceptors (Lipinski definition) is 3. The van der Waals surface area contributed by atoms with Gasteiger partial charge in [-0.05, 0) is 61.7 Å². The Hall–Kier alpha value is -1.94. The fourth-order valence-corrected chi connectivity index (χ4v) is 4.43. The maximum absolute atomic E-state index is 6.07. The molecule has 2 aromatic carbocycles. The van der Waals surface area contributed by atoms with Gasteiger partial charge in [-0.1, -0.05) is 24.3 Å². The highest BCUT2D eigenvalue weighted by atomic mass is 28.3. The molecule has 4 heteroatoms. The van der Waals surface area contributed by atoms with Crippen LogP contribution in [0.5, 0.6) is 5.75 Å². The van der Waals surface area contributed by atoms with Gasteiger partial charge in [-0.15, -0.1) is 0 Å². The van der Waals surface area contributed by atoms with E-state index in [4.69, 9.17) is 4.43 Å². The third kappa shape index (κ3) is 3.03. The first-order valence-corrected chi connectivity index (χ1v) is 11.3. The van der Waals surface area contributed by atoms with Crippen LogP contribution in [0.4, 0.5) is 11.4 Å². The lowest BCUT2D eigenvalue weighted by atomic mass is 9.93. The van der Waals surface area contributed by atoms with Crippen LogP contribution in [0.25, 0.3) is 0 Å². The zero-order valence-corrected chi connectivity index (χ0v) is 15.5. The molecule has 0 saturated carbocycles. The quantitative estimate of drug-likeness (QED) is 0.824. The summed E-state index contributed by atoms with van der Waals surface area (Å²) in [6.07, 6.45) is 3.65. The van der Waals surface area contributed by atoms with E-state index in [1.54, 1.807) is 0 Å². The van der Waals surface area contributed by atoms with Crippen molar-refractivity contribution in [2.75, 3.05) is 23.3 Å². The maximum Gasteiger partial charge on any atom is 0.274 e. The smallest absolute Gasteiger partial charge is 0.274 e. The summed E-state index contributed by atoms with van der Waals surface area (Å²) in [5.74, 6) is 1.00. The second-order valence-corrected chi connectivity index (χ2v) is 9.02. The van der Waals surface area contributed by atoms with Gasteiger partial charge in [0.1, 0.15) is 5.75 Å². The summed E-state index contributed by atoms with van der Waals surface area (Å²) < 4.78 is 6.07. The van der Waals surface area contributed by atoms with Gasteiger partial charge in [0, 0.05) is 18.8 Å². The summed E-state index contributed by atoms with van der Waals surface area (Å²) >= 11 is 0. The molecule has 2 bridgehead atoms. The molecule has 2 aromatic rings. The van der Waals surface area contributed by atoms with Crippen LogP contribution in [0, 0.1) is 0 Å². The minimum absolute atomic E-state index is 0.324. The van der Waals surface area contributed by atoms with Gasteiger partial charge in [-0.3, -0.25) is 0 Å². The van der Waals surface area contributed by atoms with Crippen LogP contribution in [0.1, 0.15) is 30.0 Å². The second-order valence-electron chi connectivity index (χ2n) is 6.99. The molecule has 0 aromatic heterocycles. The molecule has 1 atom stereocenters. The zero-order chi connectivity index (χ0) is 16.5. The van der Waals surface area contributed by atoms with Gasteiger partial charge in [-0.2, -0.15) is 0 Å². The van der Waals surface area contributed by atoms with E-state index in [0.29, 0.717) is 6.04 Å². The Morgan fingerprint density at radius 1 is 1.08 bits per heavy atom.